The minimum atomic E-state index is -0.222. The molecular formula is C29H32ClN9. The molecule has 200 valence electrons. The molecule has 2 aliphatic rings. The maximum Gasteiger partial charge on any atom is 0.139 e. The van der Waals surface area contributed by atoms with Crippen LogP contribution in [0.25, 0.3) is 21.9 Å². The zero-order valence-electron chi connectivity index (χ0n) is 22.5. The minimum absolute atomic E-state index is 0.0243. The van der Waals surface area contributed by atoms with Crippen LogP contribution in [-0.4, -0.2) is 32.1 Å². The molecule has 3 aromatic heterocycles. The number of nitriles is 1. The van der Waals surface area contributed by atoms with E-state index in [1.165, 1.54) is 12.8 Å². The predicted molar refractivity (Wildman–Crippen MR) is 156 cm³/mol. The van der Waals surface area contributed by atoms with E-state index in [0.717, 1.165) is 39.1 Å². The molecule has 1 fully saturated rings. The van der Waals surface area contributed by atoms with Crippen molar-refractivity contribution < 1.29 is 0 Å². The number of fused-ring (bicyclic) bond motifs is 2. The van der Waals surface area contributed by atoms with E-state index in [4.69, 9.17) is 11.6 Å². The highest BCUT2D eigenvalue weighted by molar-refractivity contribution is 6.35. The summed E-state index contributed by atoms with van der Waals surface area (Å²) in [5.74, 6) is 0. The van der Waals surface area contributed by atoms with E-state index in [-0.39, 0.29) is 11.5 Å². The number of anilines is 2. The fourth-order valence-corrected chi connectivity index (χ4v) is 5.21. The smallest absolute Gasteiger partial charge is 0.139 e. The Morgan fingerprint density at radius 1 is 1.21 bits per heavy atom. The first-order chi connectivity index (χ1) is 18.7. The molecule has 0 spiro atoms. The minimum Gasteiger partial charge on any atom is -0.383 e. The second-order valence-electron chi connectivity index (χ2n) is 11.5. The van der Waals surface area contributed by atoms with E-state index in [0.29, 0.717) is 28.7 Å². The molecule has 4 heterocycles. The van der Waals surface area contributed by atoms with Gasteiger partial charge in [-0.05, 0) is 48.1 Å². The molecule has 1 aromatic carbocycles. The van der Waals surface area contributed by atoms with Gasteiger partial charge >= 0.3 is 0 Å². The number of halogens is 1. The van der Waals surface area contributed by atoms with Crippen molar-refractivity contribution in [3.05, 3.63) is 70.9 Å². The summed E-state index contributed by atoms with van der Waals surface area (Å²) in [6.07, 6.45) is 9.95. The Morgan fingerprint density at radius 3 is 2.77 bits per heavy atom. The lowest BCUT2D eigenvalue weighted by Gasteiger charge is -2.24. The van der Waals surface area contributed by atoms with Crippen molar-refractivity contribution in [2.45, 2.75) is 45.7 Å². The third-order valence-corrected chi connectivity index (χ3v) is 7.41. The average Bonchev–Trinajstić information content (AvgIpc) is 3.52. The van der Waals surface area contributed by atoms with Crippen molar-refractivity contribution in [2.24, 2.45) is 12.5 Å². The molecule has 1 aliphatic heterocycles. The Morgan fingerprint density at radius 2 is 2.03 bits per heavy atom. The van der Waals surface area contributed by atoms with E-state index in [1.54, 1.807) is 6.20 Å². The quantitative estimate of drug-likeness (QED) is 0.240. The molecule has 0 saturated heterocycles. The number of hydrogen-bond donors (Lipinski definition) is 4. The van der Waals surface area contributed by atoms with Gasteiger partial charge in [-0.15, -0.1) is 5.53 Å². The largest absolute Gasteiger partial charge is 0.383 e. The maximum absolute atomic E-state index is 9.85. The normalized spacial score (nSPS) is 16.2. The number of benzene rings is 1. The summed E-state index contributed by atoms with van der Waals surface area (Å²) in [5.41, 5.74) is 12.4. The number of pyridine rings is 2. The SMILES string of the molecule is Cn1ccc2c([C@H](Nc3cc(Cl)c4ncc(C#N)c(NCC(C)(C)C)c4c3)C3=CN(C4CC4)NN3)ccnc21. The molecule has 0 amide bonds. The van der Waals surface area contributed by atoms with Crippen LogP contribution in [0.3, 0.4) is 0 Å². The standard InChI is InChI=1S/C29H32ClN9/c1-29(2,3)16-34-25-17(13-31)14-33-26-22(25)11-18(12-23(26)30)35-27(24-15-39(37-36-24)19-5-6-19)20-7-9-32-28-21(20)8-10-38(28)4/h7-12,14-15,19,27,35-37H,5-6,16H2,1-4H3,(H,33,34)/t27-/m0/s1. The number of rotatable bonds is 7. The van der Waals surface area contributed by atoms with E-state index in [1.807, 2.05) is 36.1 Å². The summed E-state index contributed by atoms with van der Waals surface area (Å²) in [6.45, 7) is 7.15. The van der Waals surface area contributed by atoms with E-state index in [2.05, 4.69) is 81.7 Å². The van der Waals surface area contributed by atoms with Crippen LogP contribution < -0.4 is 21.6 Å². The molecule has 10 heteroatoms. The van der Waals surface area contributed by atoms with Crippen LogP contribution in [0, 0.1) is 16.7 Å². The van der Waals surface area contributed by atoms with E-state index < -0.39 is 0 Å². The zero-order valence-corrected chi connectivity index (χ0v) is 23.3. The Bertz CT molecular complexity index is 1640. The molecule has 0 radical (unpaired) electrons. The molecule has 1 saturated carbocycles. The summed E-state index contributed by atoms with van der Waals surface area (Å²) < 4.78 is 2.02. The first-order valence-electron chi connectivity index (χ1n) is 13.2. The van der Waals surface area contributed by atoms with Crippen molar-refractivity contribution in [1.82, 2.24) is 30.5 Å². The van der Waals surface area contributed by atoms with Gasteiger partial charge in [-0.3, -0.25) is 9.99 Å². The Balaban J connectivity index is 1.45. The highest BCUT2D eigenvalue weighted by Gasteiger charge is 2.33. The van der Waals surface area contributed by atoms with Crippen LogP contribution in [0.1, 0.15) is 50.8 Å². The van der Waals surface area contributed by atoms with Gasteiger partial charge < -0.3 is 20.6 Å². The Hall–Kier alpha value is -4.00. The number of hydrogen-bond acceptors (Lipinski definition) is 8. The van der Waals surface area contributed by atoms with Crippen molar-refractivity contribution in [2.75, 3.05) is 17.2 Å². The van der Waals surface area contributed by atoms with Crippen LogP contribution in [-0.2, 0) is 7.05 Å². The van der Waals surface area contributed by atoms with Gasteiger partial charge in [-0.2, -0.15) is 5.26 Å². The average molecular weight is 542 g/mol. The van der Waals surface area contributed by atoms with Crippen LogP contribution in [0.15, 0.2) is 54.8 Å². The molecular weight excluding hydrogens is 510 g/mol. The highest BCUT2D eigenvalue weighted by Crippen LogP contribution is 2.38. The molecule has 9 nitrogen and oxygen atoms in total. The first-order valence-corrected chi connectivity index (χ1v) is 13.5. The molecule has 4 aromatic rings. The van der Waals surface area contributed by atoms with Crippen LogP contribution in [0.5, 0.6) is 0 Å². The van der Waals surface area contributed by atoms with Gasteiger partial charge in [0.2, 0.25) is 0 Å². The van der Waals surface area contributed by atoms with Crippen molar-refractivity contribution in [3.8, 4) is 6.07 Å². The van der Waals surface area contributed by atoms with E-state index >= 15 is 0 Å². The summed E-state index contributed by atoms with van der Waals surface area (Å²) in [4.78, 5) is 9.12. The molecule has 39 heavy (non-hydrogen) atoms. The van der Waals surface area contributed by atoms with Crippen LogP contribution in [0.4, 0.5) is 11.4 Å². The van der Waals surface area contributed by atoms with E-state index in [9.17, 15) is 5.26 Å². The number of hydrazine groups is 2. The maximum atomic E-state index is 9.85. The van der Waals surface area contributed by atoms with Gasteiger partial charge in [-0.25, -0.2) is 4.98 Å². The Kier molecular flexibility index (Phi) is 6.25. The molecule has 1 atom stereocenters. The van der Waals surface area contributed by atoms with Gasteiger partial charge in [0.15, 0.2) is 0 Å². The zero-order chi connectivity index (χ0) is 27.3. The van der Waals surface area contributed by atoms with Gasteiger partial charge in [0.25, 0.3) is 0 Å². The lowest BCUT2D eigenvalue weighted by molar-refractivity contribution is 0.260. The third-order valence-electron chi connectivity index (χ3n) is 7.12. The highest BCUT2D eigenvalue weighted by atomic mass is 35.5. The van der Waals surface area contributed by atoms with Gasteiger partial charge in [0, 0.05) is 60.9 Å². The summed E-state index contributed by atoms with van der Waals surface area (Å²) >= 11 is 6.80. The van der Waals surface area contributed by atoms with Crippen LogP contribution >= 0.6 is 11.6 Å². The summed E-state index contributed by atoms with van der Waals surface area (Å²) in [6, 6.07) is 10.6. The number of aromatic nitrogens is 3. The van der Waals surface area contributed by atoms with Crippen molar-refractivity contribution in [3.63, 3.8) is 0 Å². The topological polar surface area (TPSA) is 106 Å². The lowest BCUT2D eigenvalue weighted by atomic mass is 9.96. The van der Waals surface area contributed by atoms with Gasteiger partial charge in [0.1, 0.15) is 11.7 Å². The van der Waals surface area contributed by atoms with Gasteiger partial charge in [0.05, 0.1) is 33.5 Å². The fourth-order valence-electron chi connectivity index (χ4n) is 4.94. The molecule has 4 N–H and O–H groups in total. The number of nitrogens with one attached hydrogen (secondary N) is 4. The second kappa shape index (κ2) is 9.63. The second-order valence-corrected chi connectivity index (χ2v) is 11.9. The van der Waals surface area contributed by atoms with Crippen molar-refractivity contribution >= 4 is 44.9 Å². The molecule has 1 aliphatic carbocycles. The van der Waals surface area contributed by atoms with Crippen molar-refractivity contribution in [1.29, 1.82) is 5.26 Å². The van der Waals surface area contributed by atoms with Gasteiger partial charge in [-0.1, -0.05) is 32.4 Å². The summed E-state index contributed by atoms with van der Waals surface area (Å²) in [7, 11) is 2.00. The summed E-state index contributed by atoms with van der Waals surface area (Å²) in [5, 5.41) is 21.6. The lowest BCUT2D eigenvalue weighted by Crippen LogP contribution is -2.38. The number of nitrogens with zero attached hydrogens (tertiary/aromatic N) is 5. The monoisotopic (exact) mass is 541 g/mol. The molecule has 0 bridgehead atoms. The molecule has 0 unspecified atom stereocenters. The first kappa shape index (κ1) is 25.3. The molecule has 6 rings (SSSR count). The fraction of sp³-hybridized carbons (Fsp3) is 0.345. The number of aryl methyl sites for hydroxylation is 1. The third kappa shape index (κ3) is 4.93. The Labute approximate surface area is 232 Å². The predicted octanol–water partition coefficient (Wildman–Crippen LogP) is 5.59. The van der Waals surface area contributed by atoms with Crippen LogP contribution in [0.2, 0.25) is 5.02 Å².